The average molecular weight is 544 g/mol. The summed E-state index contributed by atoms with van der Waals surface area (Å²) in [7, 11) is -4.60. The highest BCUT2D eigenvalue weighted by Crippen LogP contribution is 2.31. The molecular formula is C31H45NO5S. The first-order chi connectivity index (χ1) is 18.1. The zero-order valence-corrected chi connectivity index (χ0v) is 24.0. The molecule has 0 saturated heterocycles. The Balaban J connectivity index is 0.000000279. The molecule has 7 heteroatoms. The van der Waals surface area contributed by atoms with E-state index in [4.69, 9.17) is 0 Å². The van der Waals surface area contributed by atoms with Crippen LogP contribution in [0.1, 0.15) is 77.7 Å². The molecule has 0 spiro atoms. The van der Waals surface area contributed by atoms with Crippen molar-refractivity contribution in [2.45, 2.75) is 83.6 Å². The monoisotopic (exact) mass is 543 g/mol. The number of rotatable bonds is 14. The Morgan fingerprint density at radius 3 is 1.97 bits per heavy atom. The van der Waals surface area contributed by atoms with Gasteiger partial charge in [-0.1, -0.05) is 82.9 Å². The largest absolute Gasteiger partial charge is 0.744 e. The molecule has 6 nitrogen and oxygen atoms in total. The van der Waals surface area contributed by atoms with Crippen LogP contribution in [-0.2, 0) is 16.7 Å². The summed E-state index contributed by atoms with van der Waals surface area (Å²) in [5, 5.41) is 19.4. The Morgan fingerprint density at radius 1 is 0.737 bits per heavy atom. The summed E-state index contributed by atoms with van der Waals surface area (Å²) in [6, 6.07) is 17.2. The summed E-state index contributed by atoms with van der Waals surface area (Å²) < 4.78 is 33.6. The van der Waals surface area contributed by atoms with Crippen LogP contribution in [0.4, 0.5) is 0 Å². The third-order valence-corrected chi connectivity index (χ3v) is 7.73. The number of unbranched alkanes of at least 4 members (excludes halogenated alkanes) is 5. The van der Waals surface area contributed by atoms with Crippen LogP contribution in [0.3, 0.4) is 0 Å². The molecule has 3 aromatic rings. The standard InChI is InChI=1S/C21H38N.C10H8O5S/c1-4-7-8-9-10-14-19-22(17-5-2,18-6-3)20-21-15-12-11-13-16-21;11-7-2-1-6-3-8(16(13,14)15)5-10(12)9(6)4-7/h11-13,15-16H,4-10,14,17-20H2,1-3H3;1-5,11-12H,(H,13,14,15)/q+1;/p-1. The molecule has 38 heavy (non-hydrogen) atoms. The predicted molar refractivity (Wildman–Crippen MR) is 154 cm³/mol. The SMILES string of the molecule is CCCCCCCC[N+](CCC)(CCC)Cc1ccccc1.O=S(=O)([O-])c1cc(O)c2cc(O)ccc2c1. The third-order valence-electron chi connectivity index (χ3n) is 6.92. The van der Waals surface area contributed by atoms with Gasteiger partial charge in [0.25, 0.3) is 0 Å². The summed E-state index contributed by atoms with van der Waals surface area (Å²) in [6.45, 7) is 12.2. The second kappa shape index (κ2) is 15.7. The summed E-state index contributed by atoms with van der Waals surface area (Å²) in [4.78, 5) is -0.497. The molecule has 0 aromatic heterocycles. The summed E-state index contributed by atoms with van der Waals surface area (Å²) >= 11 is 0. The second-order valence-corrected chi connectivity index (χ2v) is 11.6. The zero-order valence-electron chi connectivity index (χ0n) is 23.2. The number of fused-ring (bicyclic) bond motifs is 1. The van der Waals surface area contributed by atoms with Gasteiger partial charge < -0.3 is 19.2 Å². The van der Waals surface area contributed by atoms with Gasteiger partial charge in [0, 0.05) is 10.9 Å². The molecule has 0 fully saturated rings. The van der Waals surface area contributed by atoms with Crippen molar-refractivity contribution in [1.29, 1.82) is 0 Å². The quantitative estimate of drug-likeness (QED) is 0.126. The molecular weight excluding hydrogens is 498 g/mol. The van der Waals surface area contributed by atoms with Crippen molar-refractivity contribution in [2.24, 2.45) is 0 Å². The van der Waals surface area contributed by atoms with E-state index in [1.54, 1.807) is 0 Å². The van der Waals surface area contributed by atoms with Crippen molar-refractivity contribution in [1.82, 2.24) is 0 Å². The lowest BCUT2D eigenvalue weighted by Crippen LogP contribution is -2.49. The lowest BCUT2D eigenvalue weighted by molar-refractivity contribution is -0.941. The number of nitrogens with zero attached hydrogens (tertiary/aromatic N) is 1. The molecule has 0 atom stereocenters. The minimum atomic E-state index is -4.60. The zero-order chi connectivity index (χ0) is 28.0. The minimum absolute atomic E-state index is 0.0551. The van der Waals surface area contributed by atoms with Crippen LogP contribution in [-0.4, -0.2) is 47.3 Å². The van der Waals surface area contributed by atoms with Crippen LogP contribution in [0.15, 0.2) is 65.6 Å². The second-order valence-electron chi connectivity index (χ2n) is 10.2. The highest BCUT2D eigenvalue weighted by molar-refractivity contribution is 7.85. The average Bonchev–Trinajstić information content (AvgIpc) is 2.87. The van der Waals surface area contributed by atoms with Crippen LogP contribution < -0.4 is 0 Å². The van der Waals surface area contributed by atoms with Gasteiger partial charge >= 0.3 is 0 Å². The highest BCUT2D eigenvalue weighted by Gasteiger charge is 2.25. The number of phenolic OH excluding ortho intramolecular Hbond substituents is 2. The lowest BCUT2D eigenvalue weighted by atomic mass is 10.1. The molecule has 0 amide bonds. The van der Waals surface area contributed by atoms with Gasteiger partial charge in [0.2, 0.25) is 0 Å². The molecule has 0 aliphatic carbocycles. The maximum absolute atomic E-state index is 10.8. The van der Waals surface area contributed by atoms with Crippen molar-refractivity contribution >= 4 is 20.9 Å². The fourth-order valence-electron chi connectivity index (χ4n) is 5.16. The number of quaternary nitrogens is 1. The first kappa shape index (κ1) is 31.6. The Labute approximate surface area is 229 Å². The fraction of sp³-hybridized carbons (Fsp3) is 0.484. The smallest absolute Gasteiger partial charge is 0.124 e. The number of phenols is 2. The summed E-state index contributed by atoms with van der Waals surface area (Å²) in [6.07, 6.45) is 11.0. The highest BCUT2D eigenvalue weighted by atomic mass is 32.2. The van der Waals surface area contributed by atoms with Crippen LogP contribution in [0, 0.1) is 0 Å². The molecule has 2 N–H and O–H groups in total. The molecule has 0 bridgehead atoms. The van der Waals surface area contributed by atoms with E-state index in [1.807, 2.05) is 0 Å². The van der Waals surface area contributed by atoms with Gasteiger partial charge in [-0.15, -0.1) is 0 Å². The van der Waals surface area contributed by atoms with E-state index in [0.29, 0.717) is 5.39 Å². The van der Waals surface area contributed by atoms with Gasteiger partial charge in [-0.2, -0.15) is 0 Å². The van der Waals surface area contributed by atoms with Gasteiger partial charge in [-0.25, -0.2) is 8.42 Å². The van der Waals surface area contributed by atoms with Gasteiger partial charge in [0.15, 0.2) is 0 Å². The molecule has 3 rings (SSSR count). The maximum Gasteiger partial charge on any atom is 0.124 e. The molecule has 0 saturated carbocycles. The van der Waals surface area contributed by atoms with Gasteiger partial charge in [0.1, 0.15) is 28.2 Å². The fourth-order valence-corrected chi connectivity index (χ4v) is 5.69. The van der Waals surface area contributed by atoms with Crippen LogP contribution in [0.2, 0.25) is 0 Å². The van der Waals surface area contributed by atoms with Crippen molar-refractivity contribution in [3.8, 4) is 11.5 Å². The van der Waals surface area contributed by atoms with Gasteiger partial charge in [-0.05, 0) is 55.3 Å². The molecule has 3 aromatic carbocycles. The molecule has 0 aliphatic rings. The number of hydrogen-bond acceptors (Lipinski definition) is 5. The van der Waals surface area contributed by atoms with Gasteiger partial charge in [0.05, 0.1) is 24.5 Å². The Morgan fingerprint density at radius 2 is 1.37 bits per heavy atom. The van der Waals surface area contributed by atoms with Crippen LogP contribution in [0.5, 0.6) is 11.5 Å². The van der Waals surface area contributed by atoms with Crippen molar-refractivity contribution in [2.75, 3.05) is 19.6 Å². The molecule has 0 aliphatic heterocycles. The van der Waals surface area contributed by atoms with E-state index >= 15 is 0 Å². The maximum atomic E-state index is 10.8. The topological polar surface area (TPSA) is 97.7 Å². The minimum Gasteiger partial charge on any atom is -0.744 e. The van der Waals surface area contributed by atoms with E-state index in [1.165, 1.54) is 106 Å². The number of benzene rings is 3. The Bertz CT molecular complexity index is 1210. The number of aromatic hydroxyl groups is 2. The van der Waals surface area contributed by atoms with E-state index < -0.39 is 15.0 Å². The van der Waals surface area contributed by atoms with E-state index in [0.717, 1.165) is 12.1 Å². The molecule has 210 valence electrons. The van der Waals surface area contributed by atoms with Crippen LogP contribution in [0.25, 0.3) is 10.8 Å². The molecule has 0 heterocycles. The van der Waals surface area contributed by atoms with Crippen molar-refractivity contribution < 1.29 is 27.7 Å². The number of hydrogen-bond donors (Lipinski definition) is 2. The van der Waals surface area contributed by atoms with Gasteiger partial charge in [-0.3, -0.25) is 0 Å². The Hall–Kier alpha value is -2.61. The first-order valence-corrected chi connectivity index (χ1v) is 15.4. The van der Waals surface area contributed by atoms with Crippen LogP contribution >= 0.6 is 0 Å². The van der Waals surface area contributed by atoms with Crippen molar-refractivity contribution in [3.63, 3.8) is 0 Å². The lowest BCUT2D eigenvalue weighted by Gasteiger charge is -2.39. The van der Waals surface area contributed by atoms with E-state index in [2.05, 4.69) is 51.1 Å². The third kappa shape index (κ3) is 10.3. The van der Waals surface area contributed by atoms with Crippen molar-refractivity contribution in [3.05, 3.63) is 66.2 Å². The normalized spacial score (nSPS) is 11.8. The van der Waals surface area contributed by atoms with E-state index in [9.17, 15) is 23.2 Å². The first-order valence-electron chi connectivity index (χ1n) is 13.9. The van der Waals surface area contributed by atoms with E-state index in [-0.39, 0.29) is 16.9 Å². The summed E-state index contributed by atoms with van der Waals surface area (Å²) in [5.74, 6) is -0.414. The predicted octanol–water partition coefficient (Wildman–Crippen LogP) is 7.34. The summed E-state index contributed by atoms with van der Waals surface area (Å²) in [5.41, 5.74) is 1.51. The molecule has 0 radical (unpaired) electrons. The molecule has 0 unspecified atom stereocenters. The Kier molecular flexibility index (Phi) is 13.1.